The molecule has 1 heterocycles. The molecule has 0 N–H and O–H groups in total. The van der Waals surface area contributed by atoms with Crippen LogP contribution >= 0.6 is 31.9 Å². The molecule has 6 heteroatoms. The molecule has 0 saturated heterocycles. The highest BCUT2D eigenvalue weighted by Gasteiger charge is 2.23. The molecule has 0 atom stereocenters. The van der Waals surface area contributed by atoms with E-state index in [-0.39, 0.29) is 5.91 Å². The number of benzene rings is 2. The van der Waals surface area contributed by atoms with Crippen molar-refractivity contribution in [2.45, 2.75) is 6.92 Å². The van der Waals surface area contributed by atoms with Crippen molar-refractivity contribution < 1.29 is 9.53 Å². The first-order chi connectivity index (χ1) is 12.4. The van der Waals surface area contributed by atoms with E-state index in [0.717, 1.165) is 37.8 Å². The second-order valence-electron chi connectivity index (χ2n) is 6.36. The maximum atomic E-state index is 13.2. The summed E-state index contributed by atoms with van der Waals surface area (Å²) in [6.45, 7) is 3.27. The Morgan fingerprint density at radius 3 is 2.50 bits per heavy atom. The molecular weight excluding hydrogens is 460 g/mol. The van der Waals surface area contributed by atoms with Crippen LogP contribution in [0.4, 0.5) is 0 Å². The highest BCUT2D eigenvalue weighted by Crippen LogP contribution is 2.39. The van der Waals surface area contributed by atoms with Crippen molar-refractivity contribution >= 4 is 48.7 Å². The van der Waals surface area contributed by atoms with Crippen LogP contribution in [0.5, 0.6) is 5.75 Å². The Morgan fingerprint density at radius 2 is 1.85 bits per heavy atom. The molecule has 0 radical (unpaired) electrons. The maximum absolute atomic E-state index is 13.2. The van der Waals surface area contributed by atoms with Gasteiger partial charge in [0, 0.05) is 26.4 Å². The van der Waals surface area contributed by atoms with E-state index >= 15 is 0 Å². The smallest absolute Gasteiger partial charge is 0.262 e. The zero-order valence-electron chi connectivity index (χ0n) is 14.9. The van der Waals surface area contributed by atoms with Gasteiger partial charge in [-0.25, -0.2) is 0 Å². The van der Waals surface area contributed by atoms with Gasteiger partial charge in [-0.1, -0.05) is 34.1 Å². The van der Waals surface area contributed by atoms with Crippen molar-refractivity contribution in [3.8, 4) is 5.75 Å². The fraction of sp³-hybridized carbons (Fsp3) is 0.250. The third kappa shape index (κ3) is 3.72. The van der Waals surface area contributed by atoms with Crippen molar-refractivity contribution in [2.75, 3.05) is 27.2 Å². The minimum atomic E-state index is -0.0708. The highest BCUT2D eigenvalue weighted by atomic mass is 79.9. The van der Waals surface area contributed by atoms with E-state index in [0.29, 0.717) is 12.2 Å². The minimum absolute atomic E-state index is 0.0708. The Bertz CT molecular complexity index is 950. The molecule has 2 aromatic carbocycles. The van der Waals surface area contributed by atoms with E-state index in [2.05, 4.69) is 36.8 Å². The molecule has 0 aliphatic rings. The number of nitrogens with zero attached hydrogens (tertiary/aromatic N) is 2. The van der Waals surface area contributed by atoms with Crippen LogP contribution in [0.25, 0.3) is 10.9 Å². The first kappa shape index (κ1) is 19.1. The van der Waals surface area contributed by atoms with Crippen LogP contribution in [0.2, 0.25) is 0 Å². The molecule has 0 spiro atoms. The SMILES string of the molecule is Cc1c(OCCN(C)C)c2cc(Br)cc(Br)c2n1C(=O)c1ccccc1. The normalized spacial score (nSPS) is 11.3. The van der Waals surface area contributed by atoms with Crippen molar-refractivity contribution in [3.63, 3.8) is 0 Å². The number of hydrogen-bond donors (Lipinski definition) is 0. The summed E-state index contributed by atoms with van der Waals surface area (Å²) in [5, 5.41) is 0.909. The molecule has 0 fully saturated rings. The fourth-order valence-corrected chi connectivity index (χ4v) is 4.31. The van der Waals surface area contributed by atoms with Gasteiger partial charge in [0.15, 0.2) is 0 Å². The van der Waals surface area contributed by atoms with Crippen LogP contribution in [0, 0.1) is 6.92 Å². The molecule has 4 nitrogen and oxygen atoms in total. The molecule has 136 valence electrons. The monoisotopic (exact) mass is 478 g/mol. The van der Waals surface area contributed by atoms with Crippen LogP contribution in [0.15, 0.2) is 51.4 Å². The number of carbonyl (C=O) groups excluding carboxylic acids is 1. The van der Waals surface area contributed by atoms with Crippen molar-refractivity contribution in [2.24, 2.45) is 0 Å². The lowest BCUT2D eigenvalue weighted by Crippen LogP contribution is -2.19. The van der Waals surface area contributed by atoms with E-state index in [4.69, 9.17) is 4.74 Å². The molecule has 3 rings (SSSR count). The van der Waals surface area contributed by atoms with Crippen LogP contribution < -0.4 is 4.74 Å². The maximum Gasteiger partial charge on any atom is 0.262 e. The summed E-state index contributed by atoms with van der Waals surface area (Å²) in [5.41, 5.74) is 2.26. The lowest BCUT2D eigenvalue weighted by atomic mass is 10.2. The fourth-order valence-electron chi connectivity index (χ4n) is 2.91. The van der Waals surface area contributed by atoms with Crippen LogP contribution in [0.3, 0.4) is 0 Å². The van der Waals surface area contributed by atoms with Gasteiger partial charge in [0.1, 0.15) is 12.4 Å². The molecule has 0 amide bonds. The lowest BCUT2D eigenvalue weighted by Gasteiger charge is -2.11. The summed E-state index contributed by atoms with van der Waals surface area (Å²) in [6.07, 6.45) is 0. The number of likely N-dealkylation sites (N-methyl/N-ethyl adjacent to an activating group) is 1. The van der Waals surface area contributed by atoms with E-state index in [1.165, 1.54) is 0 Å². The van der Waals surface area contributed by atoms with Gasteiger partial charge in [-0.2, -0.15) is 0 Å². The minimum Gasteiger partial charge on any atom is -0.490 e. The average Bonchev–Trinajstić information content (AvgIpc) is 2.87. The molecule has 0 bridgehead atoms. The van der Waals surface area contributed by atoms with Gasteiger partial charge in [0.2, 0.25) is 0 Å². The summed E-state index contributed by atoms with van der Waals surface area (Å²) >= 11 is 7.15. The van der Waals surface area contributed by atoms with Crippen molar-refractivity contribution in [1.29, 1.82) is 0 Å². The number of hydrogen-bond acceptors (Lipinski definition) is 3. The Morgan fingerprint density at radius 1 is 1.15 bits per heavy atom. The lowest BCUT2D eigenvalue weighted by molar-refractivity contribution is 0.0962. The van der Waals surface area contributed by atoms with Crippen molar-refractivity contribution in [1.82, 2.24) is 9.47 Å². The Labute approximate surface area is 170 Å². The average molecular weight is 480 g/mol. The molecule has 0 unspecified atom stereocenters. The standard InChI is InChI=1S/C20H20Br2N2O2/c1-13-19(26-10-9-23(2)3)16-11-15(21)12-17(22)18(16)24(13)20(25)14-7-5-4-6-8-14/h4-8,11-12H,9-10H2,1-3H3. The Balaban J connectivity index is 2.16. The second kappa shape index (κ2) is 7.94. The van der Waals surface area contributed by atoms with Gasteiger partial charge in [0.25, 0.3) is 5.91 Å². The summed E-state index contributed by atoms with van der Waals surface area (Å²) in [6, 6.07) is 13.2. The number of ether oxygens (including phenoxy) is 1. The molecule has 0 saturated carbocycles. The molecule has 0 aliphatic carbocycles. The molecule has 26 heavy (non-hydrogen) atoms. The summed E-state index contributed by atoms with van der Waals surface area (Å²) in [7, 11) is 4.01. The quantitative estimate of drug-likeness (QED) is 0.510. The Kier molecular flexibility index (Phi) is 5.85. The zero-order chi connectivity index (χ0) is 18.8. The van der Waals surface area contributed by atoms with Crippen LogP contribution in [-0.2, 0) is 0 Å². The van der Waals surface area contributed by atoms with Gasteiger partial charge in [-0.05, 0) is 61.2 Å². The Hall–Kier alpha value is -1.63. The summed E-state index contributed by atoms with van der Waals surface area (Å²) in [4.78, 5) is 15.2. The van der Waals surface area contributed by atoms with E-state index in [9.17, 15) is 4.79 Å². The number of aromatic nitrogens is 1. The van der Waals surface area contributed by atoms with Gasteiger partial charge in [0.05, 0.1) is 11.2 Å². The summed E-state index contributed by atoms with van der Waals surface area (Å²) < 4.78 is 9.58. The second-order valence-corrected chi connectivity index (χ2v) is 8.13. The highest BCUT2D eigenvalue weighted by molar-refractivity contribution is 9.11. The number of rotatable bonds is 5. The number of fused-ring (bicyclic) bond motifs is 1. The topological polar surface area (TPSA) is 34.5 Å². The first-order valence-electron chi connectivity index (χ1n) is 8.27. The van der Waals surface area contributed by atoms with E-state index in [1.807, 2.05) is 63.5 Å². The molecular formula is C20H20Br2N2O2. The summed E-state index contributed by atoms with van der Waals surface area (Å²) in [5.74, 6) is 0.673. The number of carbonyl (C=O) groups is 1. The van der Waals surface area contributed by atoms with Gasteiger partial charge in [-0.3, -0.25) is 9.36 Å². The van der Waals surface area contributed by atoms with Gasteiger partial charge >= 0.3 is 0 Å². The first-order valence-corrected chi connectivity index (χ1v) is 9.86. The molecule has 0 aliphatic heterocycles. The van der Waals surface area contributed by atoms with Crippen LogP contribution in [-0.4, -0.2) is 42.6 Å². The number of halogens is 2. The predicted octanol–water partition coefficient (Wildman–Crippen LogP) is 5.10. The van der Waals surface area contributed by atoms with E-state index in [1.54, 1.807) is 4.57 Å². The van der Waals surface area contributed by atoms with Crippen molar-refractivity contribution in [3.05, 3.63) is 62.7 Å². The van der Waals surface area contributed by atoms with E-state index < -0.39 is 0 Å². The van der Waals surface area contributed by atoms with Gasteiger partial charge in [-0.15, -0.1) is 0 Å². The van der Waals surface area contributed by atoms with Gasteiger partial charge < -0.3 is 9.64 Å². The largest absolute Gasteiger partial charge is 0.490 e. The third-order valence-electron chi connectivity index (χ3n) is 4.17. The predicted molar refractivity (Wildman–Crippen MR) is 112 cm³/mol. The third-order valence-corrected chi connectivity index (χ3v) is 5.23. The molecule has 1 aromatic heterocycles. The van der Waals surface area contributed by atoms with Crippen LogP contribution in [0.1, 0.15) is 16.1 Å². The zero-order valence-corrected chi connectivity index (χ0v) is 18.1. The molecule has 3 aromatic rings.